The Labute approximate surface area is 146 Å². The van der Waals surface area contributed by atoms with E-state index >= 15 is 0 Å². The smallest absolute Gasteiger partial charge is 0.285 e. The van der Waals surface area contributed by atoms with Crippen LogP contribution in [0.5, 0.6) is 0 Å². The Bertz CT molecular complexity index is 926. The Hall–Kier alpha value is -2.74. The molecule has 0 unspecified atom stereocenters. The zero-order chi connectivity index (χ0) is 18.0. The van der Waals surface area contributed by atoms with Crippen molar-refractivity contribution < 1.29 is 13.2 Å². The number of carbonyl (C=O) groups excluding carboxylic acids is 1. The predicted molar refractivity (Wildman–Crippen MR) is 93.5 cm³/mol. The summed E-state index contributed by atoms with van der Waals surface area (Å²) in [7, 11) is -0.351. The molecule has 8 heteroatoms. The van der Waals surface area contributed by atoms with Crippen molar-refractivity contribution >= 4 is 21.8 Å². The number of pyridine rings is 1. The van der Waals surface area contributed by atoms with Crippen LogP contribution in [0.15, 0.2) is 58.0 Å². The number of likely N-dealkylation sites (N-methyl/N-ethyl adjacent to an activating group) is 2. The quantitative estimate of drug-likeness (QED) is 0.818. The minimum absolute atomic E-state index is 0.0199. The maximum absolute atomic E-state index is 12.4. The summed E-state index contributed by atoms with van der Waals surface area (Å²) in [6.45, 7) is 0.404. The lowest BCUT2D eigenvalue weighted by Crippen LogP contribution is -2.39. The van der Waals surface area contributed by atoms with E-state index in [4.69, 9.17) is 0 Å². The minimum atomic E-state index is -3.69. The van der Waals surface area contributed by atoms with E-state index in [9.17, 15) is 13.2 Å². The molecule has 1 aliphatic rings. The summed E-state index contributed by atoms with van der Waals surface area (Å²) in [4.78, 5) is 19.9. The van der Waals surface area contributed by atoms with Crippen molar-refractivity contribution in [2.45, 2.75) is 11.4 Å². The fraction of sp³-hybridized carbons (Fsp3) is 0.235. The number of fused-ring (bicyclic) bond motifs is 1. The van der Waals surface area contributed by atoms with Gasteiger partial charge in [0.2, 0.25) is 5.91 Å². The first kappa shape index (κ1) is 17.1. The van der Waals surface area contributed by atoms with Crippen molar-refractivity contribution in [3.05, 3.63) is 59.9 Å². The van der Waals surface area contributed by atoms with Crippen LogP contribution in [0.1, 0.15) is 11.3 Å². The van der Waals surface area contributed by atoms with Crippen LogP contribution >= 0.6 is 0 Å². The Morgan fingerprint density at radius 1 is 1.08 bits per heavy atom. The van der Waals surface area contributed by atoms with Crippen LogP contribution in [-0.4, -0.2) is 55.6 Å². The first-order valence-corrected chi connectivity index (χ1v) is 9.12. The predicted octanol–water partition coefficient (Wildman–Crippen LogP) is 1.12. The van der Waals surface area contributed by atoms with Crippen molar-refractivity contribution in [3.63, 3.8) is 0 Å². The Balaban J connectivity index is 1.72. The lowest BCUT2D eigenvalue weighted by Gasteiger charge is -2.23. The van der Waals surface area contributed by atoms with Crippen molar-refractivity contribution in [3.8, 4) is 0 Å². The molecule has 0 saturated heterocycles. The molecule has 0 spiro atoms. The largest absolute Gasteiger partial charge is 0.349 e. The first-order chi connectivity index (χ1) is 11.9. The molecule has 0 bridgehead atoms. The highest BCUT2D eigenvalue weighted by Crippen LogP contribution is 2.26. The highest BCUT2D eigenvalue weighted by Gasteiger charge is 2.31. The second kappa shape index (κ2) is 6.64. The van der Waals surface area contributed by atoms with E-state index in [0.29, 0.717) is 12.1 Å². The third kappa shape index (κ3) is 3.53. The third-order valence-corrected chi connectivity index (χ3v) is 5.22. The van der Waals surface area contributed by atoms with Crippen molar-refractivity contribution in [1.82, 2.24) is 14.8 Å². The minimum Gasteiger partial charge on any atom is -0.349 e. The maximum Gasteiger partial charge on any atom is 0.285 e. The molecule has 2 aromatic rings. The van der Waals surface area contributed by atoms with Crippen LogP contribution in [0, 0.1) is 0 Å². The second-order valence-electron chi connectivity index (χ2n) is 5.81. The highest BCUT2D eigenvalue weighted by atomic mass is 32.2. The van der Waals surface area contributed by atoms with Crippen LogP contribution in [0.25, 0.3) is 0 Å². The van der Waals surface area contributed by atoms with Crippen LogP contribution in [-0.2, 0) is 21.4 Å². The van der Waals surface area contributed by atoms with Gasteiger partial charge in [0, 0.05) is 25.9 Å². The molecule has 0 N–H and O–H groups in total. The SMILES string of the molecule is CN(Cc1ccccn1)C(=O)CN(C)C1=NS(=O)(=O)c2ccccc21. The molecule has 1 aromatic heterocycles. The van der Waals surface area contributed by atoms with E-state index in [0.717, 1.165) is 5.69 Å². The summed E-state index contributed by atoms with van der Waals surface area (Å²) in [6.07, 6.45) is 1.68. The average molecular weight is 358 g/mol. The van der Waals surface area contributed by atoms with Gasteiger partial charge in [0.1, 0.15) is 4.90 Å². The third-order valence-electron chi connectivity index (χ3n) is 3.90. The van der Waals surface area contributed by atoms with Crippen LogP contribution in [0.2, 0.25) is 0 Å². The molecule has 1 aromatic carbocycles. The highest BCUT2D eigenvalue weighted by molar-refractivity contribution is 7.90. The van der Waals surface area contributed by atoms with Crippen LogP contribution in [0.3, 0.4) is 0 Å². The van der Waals surface area contributed by atoms with Crippen molar-refractivity contribution in [2.24, 2.45) is 4.40 Å². The van der Waals surface area contributed by atoms with E-state index in [2.05, 4.69) is 9.38 Å². The fourth-order valence-electron chi connectivity index (χ4n) is 2.59. The molecule has 0 aliphatic carbocycles. The number of nitrogens with zero attached hydrogens (tertiary/aromatic N) is 4. The molecule has 0 radical (unpaired) electrons. The zero-order valence-corrected chi connectivity index (χ0v) is 14.8. The van der Waals surface area contributed by atoms with E-state index in [1.54, 1.807) is 48.3 Å². The number of benzene rings is 1. The summed E-state index contributed by atoms with van der Waals surface area (Å²) < 4.78 is 28.0. The molecule has 25 heavy (non-hydrogen) atoms. The number of sulfonamides is 1. The van der Waals surface area contributed by atoms with E-state index in [-0.39, 0.29) is 23.2 Å². The van der Waals surface area contributed by atoms with E-state index in [1.807, 2.05) is 18.2 Å². The van der Waals surface area contributed by atoms with Crippen LogP contribution < -0.4 is 0 Å². The number of rotatable bonds is 4. The molecular weight excluding hydrogens is 340 g/mol. The van der Waals surface area contributed by atoms with Gasteiger partial charge in [-0.2, -0.15) is 8.42 Å². The zero-order valence-electron chi connectivity index (χ0n) is 14.0. The number of hydrogen-bond acceptors (Lipinski definition) is 5. The number of carbonyl (C=O) groups is 1. The van der Waals surface area contributed by atoms with Gasteiger partial charge in [-0.15, -0.1) is 4.40 Å². The van der Waals surface area contributed by atoms with Gasteiger partial charge in [-0.1, -0.05) is 18.2 Å². The van der Waals surface area contributed by atoms with Crippen molar-refractivity contribution in [1.29, 1.82) is 0 Å². The van der Waals surface area contributed by atoms with Gasteiger partial charge in [-0.25, -0.2) is 0 Å². The molecular formula is C17H18N4O3S. The summed E-state index contributed by atoms with van der Waals surface area (Å²) >= 11 is 0. The van der Waals surface area contributed by atoms with Gasteiger partial charge in [0.25, 0.3) is 10.0 Å². The number of hydrogen-bond donors (Lipinski definition) is 0. The Kier molecular flexibility index (Phi) is 4.54. The van der Waals surface area contributed by atoms with Crippen molar-refractivity contribution in [2.75, 3.05) is 20.6 Å². The monoisotopic (exact) mass is 358 g/mol. The standard InChI is InChI=1S/C17H18N4O3S/c1-20(11-13-7-5-6-10-18-13)16(22)12-21(2)17-14-8-3-4-9-15(14)25(23,24)19-17/h3-10H,11-12H2,1-2H3. The van der Waals surface area contributed by atoms with Gasteiger partial charge >= 0.3 is 0 Å². The molecule has 1 aliphatic heterocycles. The first-order valence-electron chi connectivity index (χ1n) is 7.68. The normalized spacial score (nSPS) is 14.6. The van der Waals surface area contributed by atoms with Gasteiger partial charge < -0.3 is 9.80 Å². The molecule has 130 valence electrons. The van der Waals surface area contributed by atoms with Gasteiger partial charge in [0.15, 0.2) is 5.84 Å². The average Bonchev–Trinajstić information content (AvgIpc) is 2.87. The van der Waals surface area contributed by atoms with Gasteiger partial charge in [-0.05, 0) is 24.3 Å². The van der Waals surface area contributed by atoms with Gasteiger partial charge in [0.05, 0.1) is 18.8 Å². The Morgan fingerprint density at radius 3 is 2.52 bits per heavy atom. The molecule has 0 fully saturated rings. The van der Waals surface area contributed by atoms with E-state index < -0.39 is 10.0 Å². The summed E-state index contributed by atoms with van der Waals surface area (Å²) in [5, 5.41) is 0. The lowest BCUT2D eigenvalue weighted by molar-refractivity contribution is -0.130. The summed E-state index contributed by atoms with van der Waals surface area (Å²) in [5.41, 5.74) is 1.30. The van der Waals surface area contributed by atoms with E-state index in [1.165, 1.54) is 6.07 Å². The molecule has 7 nitrogen and oxygen atoms in total. The molecule has 3 rings (SSSR count). The second-order valence-corrected chi connectivity index (χ2v) is 7.39. The summed E-state index contributed by atoms with van der Waals surface area (Å²) in [6, 6.07) is 12.1. The Morgan fingerprint density at radius 2 is 1.80 bits per heavy atom. The molecule has 2 heterocycles. The topological polar surface area (TPSA) is 82.9 Å². The fourth-order valence-corrected chi connectivity index (χ4v) is 3.84. The number of aromatic nitrogens is 1. The molecule has 1 amide bonds. The molecule has 0 atom stereocenters. The van der Waals surface area contributed by atoms with Gasteiger partial charge in [-0.3, -0.25) is 9.78 Å². The van der Waals surface area contributed by atoms with Crippen LogP contribution in [0.4, 0.5) is 0 Å². The molecule has 0 saturated carbocycles. The number of amides is 1. The summed E-state index contributed by atoms with van der Waals surface area (Å²) in [5.74, 6) is 0.132. The maximum atomic E-state index is 12.4. The lowest BCUT2D eigenvalue weighted by atomic mass is 10.2. The number of amidine groups is 1.